The van der Waals surface area contributed by atoms with E-state index in [1.807, 2.05) is 27.7 Å². The highest BCUT2D eigenvalue weighted by molar-refractivity contribution is 6.09. The molecule has 0 spiro atoms. The monoisotopic (exact) mass is 292 g/mol. The van der Waals surface area contributed by atoms with Gasteiger partial charge in [-0.1, -0.05) is 13.8 Å². The van der Waals surface area contributed by atoms with E-state index in [0.717, 1.165) is 0 Å². The van der Waals surface area contributed by atoms with E-state index in [1.54, 1.807) is 18.2 Å². The Kier molecular flexibility index (Phi) is 6.92. The molecule has 4 nitrogen and oxygen atoms in total. The number of hydrogen-bond donors (Lipinski definition) is 0. The van der Waals surface area contributed by atoms with E-state index in [0.29, 0.717) is 36.7 Å². The predicted octanol–water partition coefficient (Wildman–Crippen LogP) is 3.67. The molecule has 1 aromatic rings. The highest BCUT2D eigenvalue weighted by Gasteiger charge is 2.18. The molecule has 0 bridgehead atoms. The molecule has 0 radical (unpaired) electrons. The van der Waals surface area contributed by atoms with E-state index in [9.17, 15) is 9.59 Å². The molecule has 0 saturated carbocycles. The summed E-state index contributed by atoms with van der Waals surface area (Å²) in [5, 5.41) is 0. The SMILES string of the molecule is CCOc1ccc(OCC)c(C(=O)CC(=O)CC(C)C)c1. The van der Waals surface area contributed by atoms with Crippen molar-refractivity contribution < 1.29 is 19.1 Å². The van der Waals surface area contributed by atoms with Gasteiger partial charge >= 0.3 is 0 Å². The van der Waals surface area contributed by atoms with Crippen LogP contribution in [0.4, 0.5) is 0 Å². The Balaban J connectivity index is 2.93. The summed E-state index contributed by atoms with van der Waals surface area (Å²) in [6, 6.07) is 5.13. The first-order valence-electron chi connectivity index (χ1n) is 7.42. The molecule has 0 aliphatic heterocycles. The molecule has 0 N–H and O–H groups in total. The summed E-state index contributed by atoms with van der Waals surface area (Å²) in [6.45, 7) is 8.65. The van der Waals surface area contributed by atoms with Crippen molar-refractivity contribution >= 4 is 11.6 Å². The molecule has 21 heavy (non-hydrogen) atoms. The highest BCUT2D eigenvalue weighted by atomic mass is 16.5. The maximum absolute atomic E-state index is 12.3. The van der Waals surface area contributed by atoms with Gasteiger partial charge in [-0.15, -0.1) is 0 Å². The molecule has 116 valence electrons. The number of hydrogen-bond acceptors (Lipinski definition) is 4. The third-order valence-corrected chi connectivity index (χ3v) is 2.86. The van der Waals surface area contributed by atoms with Crippen LogP contribution in [0, 0.1) is 5.92 Å². The van der Waals surface area contributed by atoms with Gasteiger partial charge in [0.05, 0.1) is 25.2 Å². The van der Waals surface area contributed by atoms with Gasteiger partial charge < -0.3 is 9.47 Å². The van der Waals surface area contributed by atoms with Crippen molar-refractivity contribution in [1.82, 2.24) is 0 Å². The molecule has 0 heterocycles. The number of carbonyl (C=O) groups excluding carboxylic acids is 2. The van der Waals surface area contributed by atoms with E-state index in [2.05, 4.69) is 0 Å². The molecular weight excluding hydrogens is 268 g/mol. The fourth-order valence-electron chi connectivity index (χ4n) is 2.07. The first kappa shape index (κ1) is 17.2. The van der Waals surface area contributed by atoms with Crippen LogP contribution in [-0.2, 0) is 4.79 Å². The average molecular weight is 292 g/mol. The van der Waals surface area contributed by atoms with Gasteiger partial charge in [-0.25, -0.2) is 0 Å². The lowest BCUT2D eigenvalue weighted by atomic mass is 9.99. The normalized spacial score (nSPS) is 10.5. The van der Waals surface area contributed by atoms with Crippen molar-refractivity contribution in [3.8, 4) is 11.5 Å². The zero-order chi connectivity index (χ0) is 15.8. The van der Waals surface area contributed by atoms with Crippen molar-refractivity contribution in [3.63, 3.8) is 0 Å². The second-order valence-electron chi connectivity index (χ2n) is 5.26. The van der Waals surface area contributed by atoms with Gasteiger partial charge in [0.15, 0.2) is 5.78 Å². The Bertz CT molecular complexity index is 492. The Hall–Kier alpha value is -1.84. The summed E-state index contributed by atoms with van der Waals surface area (Å²) in [5.74, 6) is 1.11. The van der Waals surface area contributed by atoms with Crippen LogP contribution in [0.3, 0.4) is 0 Å². The average Bonchev–Trinajstić information content (AvgIpc) is 2.39. The van der Waals surface area contributed by atoms with Gasteiger partial charge in [-0.2, -0.15) is 0 Å². The molecular formula is C17H24O4. The van der Waals surface area contributed by atoms with Gasteiger partial charge in [-0.05, 0) is 38.0 Å². The van der Waals surface area contributed by atoms with Crippen molar-refractivity contribution in [2.24, 2.45) is 5.92 Å². The van der Waals surface area contributed by atoms with Crippen LogP contribution >= 0.6 is 0 Å². The molecule has 0 amide bonds. The minimum Gasteiger partial charge on any atom is -0.494 e. The van der Waals surface area contributed by atoms with Gasteiger partial charge in [0.25, 0.3) is 0 Å². The van der Waals surface area contributed by atoms with Gasteiger partial charge in [0.2, 0.25) is 0 Å². The highest BCUT2D eigenvalue weighted by Crippen LogP contribution is 2.26. The van der Waals surface area contributed by atoms with Crippen LogP contribution in [0.15, 0.2) is 18.2 Å². The van der Waals surface area contributed by atoms with Crippen molar-refractivity contribution in [3.05, 3.63) is 23.8 Å². The standard InChI is InChI=1S/C17H24O4/c1-5-20-14-7-8-17(21-6-2)15(11-14)16(19)10-13(18)9-12(3)4/h7-8,11-12H,5-6,9-10H2,1-4H3. The minimum atomic E-state index is -0.217. The molecule has 0 unspecified atom stereocenters. The van der Waals surface area contributed by atoms with Crippen molar-refractivity contribution in [2.45, 2.75) is 40.5 Å². The maximum Gasteiger partial charge on any atom is 0.174 e. The van der Waals surface area contributed by atoms with Crippen molar-refractivity contribution in [1.29, 1.82) is 0 Å². The number of carbonyl (C=O) groups is 2. The molecule has 4 heteroatoms. The van der Waals surface area contributed by atoms with Crippen LogP contribution in [0.2, 0.25) is 0 Å². The second kappa shape index (κ2) is 8.45. The Morgan fingerprint density at radius 2 is 1.76 bits per heavy atom. The minimum absolute atomic E-state index is 0.0424. The van der Waals surface area contributed by atoms with Crippen molar-refractivity contribution in [2.75, 3.05) is 13.2 Å². The maximum atomic E-state index is 12.3. The number of Topliss-reactive ketones (excluding diaryl/α,β-unsaturated/α-hetero) is 2. The molecule has 0 aliphatic rings. The first-order chi connectivity index (χ1) is 9.97. The lowest BCUT2D eigenvalue weighted by Gasteiger charge is -2.12. The van der Waals surface area contributed by atoms with Crippen LogP contribution in [-0.4, -0.2) is 24.8 Å². The molecule has 0 aliphatic carbocycles. The van der Waals surface area contributed by atoms with E-state index < -0.39 is 0 Å². The van der Waals surface area contributed by atoms with E-state index in [4.69, 9.17) is 9.47 Å². The molecule has 0 fully saturated rings. The summed E-state index contributed by atoms with van der Waals surface area (Å²) in [6.07, 6.45) is 0.328. The van der Waals surface area contributed by atoms with Gasteiger partial charge in [-0.3, -0.25) is 9.59 Å². The zero-order valence-electron chi connectivity index (χ0n) is 13.3. The molecule has 0 atom stereocenters. The Morgan fingerprint density at radius 3 is 2.33 bits per heavy atom. The largest absolute Gasteiger partial charge is 0.494 e. The summed E-state index contributed by atoms with van der Waals surface area (Å²) >= 11 is 0. The summed E-state index contributed by atoms with van der Waals surface area (Å²) in [5.41, 5.74) is 0.417. The number of rotatable bonds is 9. The van der Waals surface area contributed by atoms with E-state index >= 15 is 0 Å². The molecule has 0 saturated heterocycles. The Labute approximate surface area is 126 Å². The van der Waals surface area contributed by atoms with Crippen LogP contribution < -0.4 is 9.47 Å². The van der Waals surface area contributed by atoms with Gasteiger partial charge in [0, 0.05) is 6.42 Å². The quantitative estimate of drug-likeness (QED) is 0.514. The van der Waals surface area contributed by atoms with E-state index in [-0.39, 0.29) is 23.9 Å². The Morgan fingerprint density at radius 1 is 1.10 bits per heavy atom. The zero-order valence-corrected chi connectivity index (χ0v) is 13.3. The summed E-state index contributed by atoms with van der Waals surface area (Å²) in [4.78, 5) is 24.2. The number of ketones is 2. The molecule has 1 rings (SSSR count). The summed E-state index contributed by atoms with van der Waals surface area (Å²) < 4.78 is 10.9. The lowest BCUT2D eigenvalue weighted by molar-refractivity contribution is -0.118. The number of benzene rings is 1. The summed E-state index contributed by atoms with van der Waals surface area (Å²) in [7, 11) is 0. The topological polar surface area (TPSA) is 52.6 Å². The third kappa shape index (κ3) is 5.58. The van der Waals surface area contributed by atoms with Crippen LogP contribution in [0.1, 0.15) is 50.9 Å². The second-order valence-corrected chi connectivity index (χ2v) is 5.26. The van der Waals surface area contributed by atoms with E-state index in [1.165, 1.54) is 0 Å². The molecule has 0 aromatic heterocycles. The smallest absolute Gasteiger partial charge is 0.174 e. The van der Waals surface area contributed by atoms with Crippen LogP contribution in [0.5, 0.6) is 11.5 Å². The first-order valence-corrected chi connectivity index (χ1v) is 7.42. The van der Waals surface area contributed by atoms with Gasteiger partial charge in [0.1, 0.15) is 17.3 Å². The number of ether oxygens (including phenoxy) is 2. The van der Waals surface area contributed by atoms with Crippen LogP contribution in [0.25, 0.3) is 0 Å². The third-order valence-electron chi connectivity index (χ3n) is 2.86. The fraction of sp³-hybridized carbons (Fsp3) is 0.529. The fourth-order valence-corrected chi connectivity index (χ4v) is 2.07. The molecule has 1 aromatic carbocycles. The predicted molar refractivity (Wildman–Crippen MR) is 82.2 cm³/mol. The lowest BCUT2D eigenvalue weighted by Crippen LogP contribution is -2.12.